The molecule has 0 aromatic heterocycles. The van der Waals surface area contributed by atoms with Gasteiger partial charge in [-0.3, -0.25) is 4.79 Å². The second-order valence-corrected chi connectivity index (χ2v) is 13.9. The van der Waals surface area contributed by atoms with Crippen LogP contribution in [0.15, 0.2) is 57.9 Å². The number of hydrogen-bond donors (Lipinski definition) is 2. The van der Waals surface area contributed by atoms with Crippen molar-refractivity contribution in [1.82, 2.24) is 0 Å². The Labute approximate surface area is 233 Å². The predicted molar refractivity (Wildman–Crippen MR) is 153 cm³/mol. The fourth-order valence-corrected chi connectivity index (χ4v) is 9.27. The molecular weight excluding hydrogens is 488 g/mol. The normalized spacial score (nSPS) is 49.3. The van der Waals surface area contributed by atoms with E-state index in [1.54, 1.807) is 0 Å². The zero-order valence-corrected chi connectivity index (χ0v) is 24.9. The van der Waals surface area contributed by atoms with Gasteiger partial charge in [-0.25, -0.2) is 4.79 Å². The van der Waals surface area contributed by atoms with Crippen molar-refractivity contribution in [2.45, 2.75) is 99.2 Å². The number of rotatable bonds is 0. The van der Waals surface area contributed by atoms with Crippen LogP contribution in [0.25, 0.3) is 0 Å². The molecule has 1 heterocycles. The highest BCUT2D eigenvalue weighted by Gasteiger charge is 2.66. The zero-order chi connectivity index (χ0) is 28.7. The summed E-state index contributed by atoms with van der Waals surface area (Å²) in [5.41, 5.74) is 1.15. The van der Waals surface area contributed by atoms with Crippen molar-refractivity contribution in [3.05, 3.63) is 57.9 Å². The molecule has 9 unspecified atom stereocenters. The van der Waals surface area contributed by atoms with Crippen LogP contribution in [0.5, 0.6) is 0 Å². The largest absolute Gasteiger partial charge is 0.511 e. The van der Waals surface area contributed by atoms with E-state index in [2.05, 4.69) is 65.8 Å². The van der Waals surface area contributed by atoms with Gasteiger partial charge in [0, 0.05) is 23.7 Å². The third kappa shape index (κ3) is 3.89. The first-order chi connectivity index (χ1) is 18.2. The fourth-order valence-electron chi connectivity index (χ4n) is 9.27. The van der Waals surface area contributed by atoms with Crippen LogP contribution < -0.4 is 0 Å². The van der Waals surface area contributed by atoms with Gasteiger partial charge < -0.3 is 14.9 Å². The van der Waals surface area contributed by atoms with Crippen molar-refractivity contribution in [2.24, 2.45) is 40.4 Å². The summed E-state index contributed by atoms with van der Waals surface area (Å²) in [5.74, 6) is -1.51. The highest BCUT2D eigenvalue weighted by atomic mass is 16.6. The molecule has 1 saturated heterocycles. The Morgan fingerprint density at radius 3 is 2.36 bits per heavy atom. The average molecular weight is 535 g/mol. The minimum absolute atomic E-state index is 0.0608. The van der Waals surface area contributed by atoms with Crippen LogP contribution in [0.1, 0.15) is 87.5 Å². The van der Waals surface area contributed by atoms with Crippen LogP contribution in [0, 0.1) is 40.4 Å². The fraction of sp³-hybridized carbons (Fsp3) is 0.647. The molecule has 9 atom stereocenters. The van der Waals surface area contributed by atoms with E-state index in [1.807, 2.05) is 13.8 Å². The van der Waals surface area contributed by atoms with E-state index in [9.17, 15) is 19.8 Å². The summed E-state index contributed by atoms with van der Waals surface area (Å²) in [6.07, 6.45) is 11.7. The lowest BCUT2D eigenvalue weighted by atomic mass is 9.49. The summed E-state index contributed by atoms with van der Waals surface area (Å²) in [6, 6.07) is 0. The number of hydrogen-bond acceptors (Lipinski definition) is 5. The van der Waals surface area contributed by atoms with Crippen LogP contribution in [-0.4, -0.2) is 33.7 Å². The first kappa shape index (κ1) is 28.1. The van der Waals surface area contributed by atoms with Gasteiger partial charge >= 0.3 is 5.97 Å². The number of fused-ring (bicyclic) bond motifs is 4. The molecule has 5 aliphatic rings. The molecule has 212 valence electrons. The Kier molecular flexibility index (Phi) is 6.73. The second-order valence-electron chi connectivity index (χ2n) is 13.9. The average Bonchev–Trinajstić information content (AvgIpc) is 3.09. The summed E-state index contributed by atoms with van der Waals surface area (Å²) in [7, 11) is 0. The van der Waals surface area contributed by atoms with E-state index in [0.29, 0.717) is 12.8 Å². The third-order valence-corrected chi connectivity index (χ3v) is 11.2. The van der Waals surface area contributed by atoms with Crippen molar-refractivity contribution < 1.29 is 24.5 Å². The first-order valence-corrected chi connectivity index (χ1v) is 14.8. The van der Waals surface area contributed by atoms with Crippen LogP contribution in [0.2, 0.25) is 0 Å². The highest BCUT2D eigenvalue weighted by Crippen LogP contribution is 2.62. The van der Waals surface area contributed by atoms with Crippen LogP contribution >= 0.6 is 0 Å². The van der Waals surface area contributed by atoms with Crippen molar-refractivity contribution in [3.8, 4) is 0 Å². The first-order valence-electron chi connectivity index (χ1n) is 14.8. The van der Waals surface area contributed by atoms with Crippen molar-refractivity contribution in [3.63, 3.8) is 0 Å². The summed E-state index contributed by atoms with van der Waals surface area (Å²) in [5, 5.41) is 23.5. The minimum atomic E-state index is -1.40. The maximum absolute atomic E-state index is 14.6. The summed E-state index contributed by atoms with van der Waals surface area (Å²) in [6.45, 7) is 16.6. The minimum Gasteiger partial charge on any atom is -0.511 e. The summed E-state index contributed by atoms with van der Waals surface area (Å²) in [4.78, 5) is 28.4. The van der Waals surface area contributed by atoms with Crippen LogP contribution in [0.3, 0.4) is 0 Å². The molecule has 0 aromatic carbocycles. The number of aliphatic hydroxyl groups is 2. The van der Waals surface area contributed by atoms with Crippen LogP contribution in [0.4, 0.5) is 0 Å². The second kappa shape index (κ2) is 9.33. The van der Waals surface area contributed by atoms with Crippen molar-refractivity contribution >= 4 is 11.8 Å². The Balaban J connectivity index is 1.82. The van der Waals surface area contributed by atoms with Gasteiger partial charge in [-0.15, -0.1) is 0 Å². The van der Waals surface area contributed by atoms with Gasteiger partial charge in [0.25, 0.3) is 0 Å². The predicted octanol–water partition coefficient (Wildman–Crippen LogP) is 6.95. The van der Waals surface area contributed by atoms with Gasteiger partial charge in [-0.05, 0) is 78.1 Å². The van der Waals surface area contributed by atoms with Gasteiger partial charge in [-0.2, -0.15) is 0 Å². The SMILES string of the molecule is CC1=CC2(C)/C=C(\C)CC/C=C(\C)C3C(C)=CC4C(O)CCC(C)C4C3(C)/C(O)=C3/C(=O)OC2(CC1C)C3=O. The standard InChI is InChI=1S/C34H46O5/c1-18-10-9-11-19(2)27-21(4)14-24-25(35)13-12-20(3)28(24)33(27,8)29(36)26-30(37)34(39-31(26)38)17-23(6)22(5)16-32(34,7)15-18/h11,14-16,20,23-25,27-28,35-36H,9-10,12-13,17H2,1-8H3/b18-15+,19-11+,29-26-. The topological polar surface area (TPSA) is 83.8 Å². The Morgan fingerprint density at radius 1 is 0.974 bits per heavy atom. The number of carbonyl (C=O) groups excluding carboxylic acids is 2. The van der Waals surface area contributed by atoms with Gasteiger partial charge in [0.1, 0.15) is 11.3 Å². The maximum Gasteiger partial charge on any atom is 0.346 e. The quantitative estimate of drug-likeness (QED) is 0.200. The van der Waals surface area contributed by atoms with E-state index >= 15 is 0 Å². The Hall–Kier alpha value is -2.40. The molecule has 0 aromatic rings. The van der Waals surface area contributed by atoms with E-state index in [0.717, 1.165) is 36.0 Å². The molecule has 0 radical (unpaired) electrons. The molecule has 1 saturated carbocycles. The van der Waals surface area contributed by atoms with Crippen molar-refractivity contribution in [1.29, 1.82) is 0 Å². The molecule has 5 heteroatoms. The van der Waals surface area contributed by atoms with Gasteiger partial charge in [0.2, 0.25) is 5.78 Å². The third-order valence-electron chi connectivity index (χ3n) is 11.2. The monoisotopic (exact) mass is 534 g/mol. The molecule has 2 bridgehead atoms. The Bertz CT molecular complexity index is 1260. The summed E-state index contributed by atoms with van der Waals surface area (Å²) < 4.78 is 6.20. The molecule has 39 heavy (non-hydrogen) atoms. The number of Topliss-reactive ketones (excluding diaryl/α,β-unsaturated/α-hetero) is 1. The maximum atomic E-state index is 14.6. The van der Waals surface area contributed by atoms with Gasteiger partial charge in [0.05, 0.1) is 11.5 Å². The highest BCUT2D eigenvalue weighted by molar-refractivity contribution is 6.26. The molecule has 0 amide bonds. The van der Waals surface area contributed by atoms with Gasteiger partial charge in [0.15, 0.2) is 5.60 Å². The van der Waals surface area contributed by atoms with Crippen molar-refractivity contribution in [2.75, 3.05) is 0 Å². The molecule has 2 fully saturated rings. The number of ketones is 1. The molecule has 5 rings (SSSR count). The lowest BCUT2D eigenvalue weighted by molar-refractivity contribution is -0.162. The number of aliphatic hydroxyl groups excluding tert-OH is 2. The molecule has 2 N–H and O–H groups in total. The number of allylic oxidation sites excluding steroid dienone is 6. The lowest BCUT2D eigenvalue weighted by Gasteiger charge is -2.55. The summed E-state index contributed by atoms with van der Waals surface area (Å²) >= 11 is 0. The number of esters is 1. The molecular formula is C34H46O5. The molecule has 5 nitrogen and oxygen atoms in total. The Morgan fingerprint density at radius 2 is 1.67 bits per heavy atom. The zero-order valence-electron chi connectivity index (χ0n) is 24.9. The lowest BCUT2D eigenvalue weighted by Crippen LogP contribution is -2.54. The van der Waals surface area contributed by atoms with Gasteiger partial charge in [-0.1, -0.05) is 67.4 Å². The molecule has 1 spiro atoms. The van der Waals surface area contributed by atoms with E-state index in [-0.39, 0.29) is 40.9 Å². The smallest absolute Gasteiger partial charge is 0.346 e. The molecule has 4 aliphatic carbocycles. The van der Waals surface area contributed by atoms with Crippen LogP contribution in [-0.2, 0) is 14.3 Å². The van der Waals surface area contributed by atoms with E-state index < -0.39 is 34.3 Å². The van der Waals surface area contributed by atoms with E-state index in [4.69, 9.17) is 4.74 Å². The van der Waals surface area contributed by atoms with E-state index in [1.165, 1.54) is 5.57 Å². The number of ether oxygens (including phenoxy) is 1. The number of carbonyl (C=O) groups is 2. The molecule has 1 aliphatic heterocycles.